The molecule has 2 aliphatic rings. The Bertz CT molecular complexity index is 677. The summed E-state index contributed by atoms with van der Waals surface area (Å²) in [6.07, 6.45) is 6.90. The van der Waals surface area contributed by atoms with E-state index in [2.05, 4.69) is 12.2 Å². The fraction of sp³-hybridized carbons (Fsp3) is 0.471. The highest BCUT2D eigenvalue weighted by Crippen LogP contribution is 2.22. The van der Waals surface area contributed by atoms with Gasteiger partial charge in [-0.3, -0.25) is 4.79 Å². The van der Waals surface area contributed by atoms with Crippen LogP contribution in [0.15, 0.2) is 47.4 Å². The molecule has 1 heterocycles. The predicted molar refractivity (Wildman–Crippen MR) is 88.3 cm³/mol. The molecule has 5 nitrogen and oxygen atoms in total. The summed E-state index contributed by atoms with van der Waals surface area (Å²) >= 11 is 0. The SMILES string of the molecule is O=C(CC1C=CCC1)N1CCN(S(=O)(=O)c2ccccc2)CC1. The first-order valence-electron chi connectivity index (χ1n) is 8.07. The molecule has 0 spiro atoms. The van der Waals surface area contributed by atoms with Crippen molar-refractivity contribution in [3.8, 4) is 0 Å². The Labute approximate surface area is 137 Å². The third-order valence-corrected chi connectivity index (χ3v) is 6.43. The van der Waals surface area contributed by atoms with E-state index in [1.165, 1.54) is 4.31 Å². The van der Waals surface area contributed by atoms with Gasteiger partial charge in [-0.25, -0.2) is 8.42 Å². The Morgan fingerprint density at radius 3 is 2.39 bits per heavy atom. The summed E-state index contributed by atoms with van der Waals surface area (Å²) in [5, 5.41) is 0. The smallest absolute Gasteiger partial charge is 0.243 e. The van der Waals surface area contributed by atoms with Crippen LogP contribution in [0, 0.1) is 5.92 Å². The molecular formula is C17H22N2O3S. The van der Waals surface area contributed by atoms with E-state index in [9.17, 15) is 13.2 Å². The highest BCUT2D eigenvalue weighted by atomic mass is 32.2. The second-order valence-corrected chi connectivity index (χ2v) is 8.01. The average molecular weight is 334 g/mol. The third-order valence-electron chi connectivity index (χ3n) is 4.52. The summed E-state index contributed by atoms with van der Waals surface area (Å²) in [5.74, 6) is 0.492. The van der Waals surface area contributed by atoms with Gasteiger partial charge in [-0.2, -0.15) is 4.31 Å². The first-order chi connectivity index (χ1) is 11.1. The number of carbonyl (C=O) groups excluding carboxylic acids is 1. The van der Waals surface area contributed by atoms with E-state index in [1.54, 1.807) is 35.2 Å². The van der Waals surface area contributed by atoms with Gasteiger partial charge in [-0.1, -0.05) is 30.4 Å². The average Bonchev–Trinajstić information content (AvgIpc) is 3.09. The maximum atomic E-state index is 12.6. The summed E-state index contributed by atoms with van der Waals surface area (Å²) in [6.45, 7) is 1.68. The topological polar surface area (TPSA) is 57.7 Å². The van der Waals surface area contributed by atoms with Crippen molar-refractivity contribution in [2.75, 3.05) is 26.2 Å². The zero-order valence-electron chi connectivity index (χ0n) is 13.1. The second-order valence-electron chi connectivity index (χ2n) is 6.07. The molecule has 1 fully saturated rings. The van der Waals surface area contributed by atoms with E-state index < -0.39 is 10.0 Å². The molecule has 1 aromatic rings. The van der Waals surface area contributed by atoms with Crippen LogP contribution in [0.3, 0.4) is 0 Å². The fourth-order valence-corrected chi connectivity index (χ4v) is 4.58. The van der Waals surface area contributed by atoms with Crippen molar-refractivity contribution in [1.82, 2.24) is 9.21 Å². The van der Waals surface area contributed by atoms with Crippen LogP contribution >= 0.6 is 0 Å². The minimum atomic E-state index is -3.45. The van der Waals surface area contributed by atoms with E-state index in [0.29, 0.717) is 43.4 Å². The van der Waals surface area contributed by atoms with Gasteiger partial charge in [0.2, 0.25) is 15.9 Å². The summed E-state index contributed by atoms with van der Waals surface area (Å²) in [7, 11) is -3.45. The Morgan fingerprint density at radius 2 is 1.78 bits per heavy atom. The summed E-state index contributed by atoms with van der Waals surface area (Å²) in [4.78, 5) is 14.4. The molecule has 1 aliphatic carbocycles. The molecule has 0 N–H and O–H groups in total. The van der Waals surface area contributed by atoms with Gasteiger partial charge >= 0.3 is 0 Å². The molecule has 1 unspecified atom stereocenters. The molecule has 3 rings (SSSR count). The molecule has 0 bridgehead atoms. The molecule has 6 heteroatoms. The number of hydrogen-bond acceptors (Lipinski definition) is 3. The van der Waals surface area contributed by atoms with Crippen LogP contribution in [0.2, 0.25) is 0 Å². The number of amides is 1. The Morgan fingerprint density at radius 1 is 1.09 bits per heavy atom. The Kier molecular flexibility index (Phi) is 4.82. The third kappa shape index (κ3) is 3.64. The van der Waals surface area contributed by atoms with E-state index in [-0.39, 0.29) is 5.91 Å². The first-order valence-corrected chi connectivity index (χ1v) is 9.51. The second kappa shape index (κ2) is 6.84. The molecule has 1 aromatic carbocycles. The predicted octanol–water partition coefficient (Wildman–Crippen LogP) is 1.88. The van der Waals surface area contributed by atoms with Crippen LogP contribution in [-0.2, 0) is 14.8 Å². The first kappa shape index (κ1) is 16.2. The summed E-state index contributed by atoms with van der Waals surface area (Å²) in [5.41, 5.74) is 0. The van der Waals surface area contributed by atoms with Crippen LogP contribution < -0.4 is 0 Å². The molecule has 0 aromatic heterocycles. The number of carbonyl (C=O) groups is 1. The standard InChI is InChI=1S/C17H22N2O3S/c20-17(14-15-6-4-5-7-15)18-10-12-19(13-11-18)23(21,22)16-8-2-1-3-9-16/h1-4,6,8-9,15H,5,7,10-14H2. The highest BCUT2D eigenvalue weighted by molar-refractivity contribution is 7.89. The zero-order valence-corrected chi connectivity index (χ0v) is 13.9. The van der Waals surface area contributed by atoms with E-state index >= 15 is 0 Å². The number of hydrogen-bond donors (Lipinski definition) is 0. The lowest BCUT2D eigenvalue weighted by atomic mass is 10.0. The number of rotatable bonds is 4. The maximum absolute atomic E-state index is 12.6. The van der Waals surface area contributed by atoms with Crippen molar-refractivity contribution < 1.29 is 13.2 Å². The van der Waals surface area contributed by atoms with E-state index in [4.69, 9.17) is 0 Å². The van der Waals surface area contributed by atoms with Crippen molar-refractivity contribution in [1.29, 1.82) is 0 Å². The molecule has 0 saturated carbocycles. The molecule has 1 saturated heterocycles. The minimum Gasteiger partial charge on any atom is -0.340 e. The van der Waals surface area contributed by atoms with Crippen LogP contribution in [0.25, 0.3) is 0 Å². The van der Waals surface area contributed by atoms with Crippen molar-refractivity contribution in [3.63, 3.8) is 0 Å². The molecule has 0 radical (unpaired) electrons. The monoisotopic (exact) mass is 334 g/mol. The molecular weight excluding hydrogens is 312 g/mol. The van der Waals surface area contributed by atoms with Crippen molar-refractivity contribution in [2.45, 2.75) is 24.2 Å². The fourth-order valence-electron chi connectivity index (χ4n) is 3.14. The molecule has 1 aliphatic heterocycles. The van der Waals surface area contributed by atoms with E-state index in [1.807, 2.05) is 0 Å². The molecule has 1 amide bonds. The van der Waals surface area contributed by atoms with Gasteiger partial charge in [-0.05, 0) is 30.9 Å². The van der Waals surface area contributed by atoms with Crippen molar-refractivity contribution in [2.24, 2.45) is 5.92 Å². The van der Waals surface area contributed by atoms with Gasteiger partial charge in [0.05, 0.1) is 4.90 Å². The maximum Gasteiger partial charge on any atom is 0.243 e. The number of sulfonamides is 1. The van der Waals surface area contributed by atoms with Gasteiger partial charge in [-0.15, -0.1) is 0 Å². The summed E-state index contributed by atoms with van der Waals surface area (Å²) < 4.78 is 26.6. The normalized spacial score (nSPS) is 22.4. The van der Waals surface area contributed by atoms with Crippen LogP contribution in [0.5, 0.6) is 0 Å². The van der Waals surface area contributed by atoms with Gasteiger partial charge in [0.1, 0.15) is 0 Å². The van der Waals surface area contributed by atoms with E-state index in [0.717, 1.165) is 12.8 Å². The van der Waals surface area contributed by atoms with Crippen molar-refractivity contribution >= 4 is 15.9 Å². The highest BCUT2D eigenvalue weighted by Gasteiger charge is 2.30. The van der Waals surface area contributed by atoms with Crippen LogP contribution in [0.4, 0.5) is 0 Å². The lowest BCUT2D eigenvalue weighted by Crippen LogP contribution is -2.50. The number of nitrogens with zero attached hydrogens (tertiary/aromatic N) is 2. The number of benzene rings is 1. The lowest BCUT2D eigenvalue weighted by molar-refractivity contribution is -0.133. The lowest BCUT2D eigenvalue weighted by Gasteiger charge is -2.34. The quantitative estimate of drug-likeness (QED) is 0.790. The largest absolute Gasteiger partial charge is 0.340 e. The van der Waals surface area contributed by atoms with Gasteiger partial charge in [0, 0.05) is 32.6 Å². The van der Waals surface area contributed by atoms with Gasteiger partial charge in [0.25, 0.3) is 0 Å². The number of allylic oxidation sites excluding steroid dienone is 2. The zero-order chi connectivity index (χ0) is 16.3. The molecule has 23 heavy (non-hydrogen) atoms. The summed E-state index contributed by atoms with van der Waals surface area (Å²) in [6, 6.07) is 8.47. The van der Waals surface area contributed by atoms with Gasteiger partial charge in [0.15, 0.2) is 0 Å². The van der Waals surface area contributed by atoms with Crippen LogP contribution in [-0.4, -0.2) is 49.7 Å². The van der Waals surface area contributed by atoms with Crippen molar-refractivity contribution in [3.05, 3.63) is 42.5 Å². The number of piperazine rings is 1. The van der Waals surface area contributed by atoms with Gasteiger partial charge < -0.3 is 4.90 Å². The van der Waals surface area contributed by atoms with Crippen LogP contribution in [0.1, 0.15) is 19.3 Å². The Balaban J connectivity index is 1.58. The minimum absolute atomic E-state index is 0.137. The molecule has 124 valence electrons. The molecule has 1 atom stereocenters. The Hall–Kier alpha value is -1.66.